The number of nitrogens with zero attached hydrogens (tertiary/aromatic N) is 2. The first kappa shape index (κ1) is 19.9. The lowest BCUT2D eigenvalue weighted by Gasteiger charge is -2.16. The van der Waals surface area contributed by atoms with E-state index < -0.39 is 5.97 Å². The number of benzene rings is 1. The third-order valence-electron chi connectivity index (χ3n) is 4.29. The highest BCUT2D eigenvalue weighted by molar-refractivity contribution is 5.89. The van der Waals surface area contributed by atoms with Crippen molar-refractivity contribution in [2.75, 3.05) is 26.9 Å². The molecule has 7 heteroatoms. The van der Waals surface area contributed by atoms with Crippen LogP contribution in [0.25, 0.3) is 17.0 Å². The van der Waals surface area contributed by atoms with E-state index in [4.69, 9.17) is 19.3 Å². The lowest BCUT2D eigenvalue weighted by molar-refractivity contribution is 0.0519. The van der Waals surface area contributed by atoms with E-state index in [0.717, 1.165) is 23.4 Å². The molecule has 0 spiro atoms. The monoisotopic (exact) mass is 384 g/mol. The highest BCUT2D eigenvalue weighted by atomic mass is 16.5. The van der Waals surface area contributed by atoms with Crippen molar-refractivity contribution < 1.29 is 24.1 Å². The number of hydrogen-bond donors (Lipinski definition) is 1. The maximum atomic E-state index is 12.2. The van der Waals surface area contributed by atoms with Gasteiger partial charge in [-0.05, 0) is 49.8 Å². The molecule has 0 radical (unpaired) electrons. The number of allylic oxidation sites excluding steroid dienone is 2. The second-order valence-corrected chi connectivity index (χ2v) is 6.14. The Morgan fingerprint density at radius 1 is 1.32 bits per heavy atom. The Bertz CT molecular complexity index is 867. The summed E-state index contributed by atoms with van der Waals surface area (Å²) >= 11 is 0. The van der Waals surface area contributed by atoms with Gasteiger partial charge in [0.25, 0.3) is 0 Å². The van der Waals surface area contributed by atoms with Crippen molar-refractivity contribution in [3.05, 3.63) is 54.3 Å². The molecule has 1 atom stereocenters. The topological polar surface area (TPSA) is 82.8 Å². The first-order chi connectivity index (χ1) is 13.7. The summed E-state index contributed by atoms with van der Waals surface area (Å²) in [5, 5.41) is 13.3. The summed E-state index contributed by atoms with van der Waals surface area (Å²) < 4.78 is 17.6. The SMILES string of the molecule is CCOC(=O)c1cc(-c2ccc(OCCO)cc2)n(C2=CCC(OC)C=C2)n1. The third-order valence-corrected chi connectivity index (χ3v) is 4.29. The van der Waals surface area contributed by atoms with Crippen molar-refractivity contribution in [3.63, 3.8) is 0 Å². The molecule has 3 rings (SSSR count). The fourth-order valence-corrected chi connectivity index (χ4v) is 2.90. The van der Waals surface area contributed by atoms with Crippen molar-refractivity contribution in [3.8, 4) is 17.0 Å². The molecule has 28 heavy (non-hydrogen) atoms. The van der Waals surface area contributed by atoms with Crippen molar-refractivity contribution in [2.24, 2.45) is 0 Å². The van der Waals surface area contributed by atoms with Gasteiger partial charge in [0.15, 0.2) is 5.69 Å². The van der Waals surface area contributed by atoms with Gasteiger partial charge >= 0.3 is 5.97 Å². The van der Waals surface area contributed by atoms with E-state index in [-0.39, 0.29) is 31.6 Å². The summed E-state index contributed by atoms with van der Waals surface area (Å²) in [5.74, 6) is 0.203. The molecule has 1 aliphatic rings. The quantitative estimate of drug-likeness (QED) is 0.705. The number of aromatic nitrogens is 2. The lowest BCUT2D eigenvalue weighted by Crippen LogP contribution is -2.12. The largest absolute Gasteiger partial charge is 0.491 e. The molecule has 0 fully saturated rings. The molecule has 1 N–H and O–H groups in total. The van der Waals surface area contributed by atoms with E-state index >= 15 is 0 Å². The van der Waals surface area contributed by atoms with Crippen LogP contribution in [0, 0.1) is 0 Å². The molecule has 0 amide bonds. The zero-order valence-corrected chi connectivity index (χ0v) is 16.0. The minimum Gasteiger partial charge on any atom is -0.491 e. The summed E-state index contributed by atoms with van der Waals surface area (Å²) in [6.45, 7) is 2.25. The molecule has 0 saturated heterocycles. The van der Waals surface area contributed by atoms with Crippen LogP contribution in [0.3, 0.4) is 0 Å². The van der Waals surface area contributed by atoms with E-state index in [9.17, 15) is 4.79 Å². The molecule has 1 aliphatic carbocycles. The van der Waals surface area contributed by atoms with Gasteiger partial charge in [-0.3, -0.25) is 0 Å². The van der Waals surface area contributed by atoms with Crippen LogP contribution >= 0.6 is 0 Å². The second-order valence-electron chi connectivity index (χ2n) is 6.14. The van der Waals surface area contributed by atoms with Gasteiger partial charge in [-0.2, -0.15) is 5.10 Å². The number of rotatable bonds is 8. The summed E-state index contributed by atoms with van der Waals surface area (Å²) in [4.78, 5) is 12.2. The Morgan fingerprint density at radius 2 is 2.11 bits per heavy atom. The van der Waals surface area contributed by atoms with Gasteiger partial charge in [-0.1, -0.05) is 12.2 Å². The minimum atomic E-state index is -0.458. The van der Waals surface area contributed by atoms with E-state index in [2.05, 4.69) is 5.10 Å². The Labute approximate surface area is 163 Å². The van der Waals surface area contributed by atoms with Crippen molar-refractivity contribution >= 4 is 11.7 Å². The number of ether oxygens (including phenoxy) is 3. The van der Waals surface area contributed by atoms with E-state index in [1.54, 1.807) is 24.8 Å². The van der Waals surface area contributed by atoms with Gasteiger partial charge in [-0.25, -0.2) is 9.48 Å². The number of aliphatic hydroxyl groups excluding tert-OH is 1. The van der Waals surface area contributed by atoms with Crippen molar-refractivity contribution in [2.45, 2.75) is 19.4 Å². The fraction of sp³-hybridized carbons (Fsp3) is 0.333. The van der Waals surface area contributed by atoms with Gasteiger partial charge < -0.3 is 19.3 Å². The molecule has 0 aliphatic heterocycles. The van der Waals surface area contributed by atoms with Crippen LogP contribution in [-0.2, 0) is 9.47 Å². The number of aliphatic hydroxyl groups is 1. The molecule has 7 nitrogen and oxygen atoms in total. The van der Waals surface area contributed by atoms with Crippen LogP contribution in [0.4, 0.5) is 0 Å². The molecule has 1 heterocycles. The average molecular weight is 384 g/mol. The average Bonchev–Trinajstić information content (AvgIpc) is 3.18. The van der Waals surface area contributed by atoms with Crippen molar-refractivity contribution in [1.29, 1.82) is 0 Å². The number of esters is 1. The Morgan fingerprint density at radius 3 is 2.71 bits per heavy atom. The van der Waals surface area contributed by atoms with Crippen LogP contribution in [0.15, 0.2) is 48.6 Å². The number of hydrogen-bond acceptors (Lipinski definition) is 6. The minimum absolute atomic E-state index is 0.0373. The second kappa shape index (κ2) is 9.34. The number of carbonyl (C=O) groups excluding carboxylic acids is 1. The highest BCUT2D eigenvalue weighted by Gasteiger charge is 2.19. The lowest BCUT2D eigenvalue weighted by atomic mass is 10.1. The highest BCUT2D eigenvalue weighted by Crippen LogP contribution is 2.28. The first-order valence-corrected chi connectivity index (χ1v) is 9.19. The van der Waals surface area contributed by atoms with Crippen LogP contribution in [-0.4, -0.2) is 53.9 Å². The number of methoxy groups -OCH3 is 1. The summed E-state index contributed by atoms with van der Waals surface area (Å²) in [6.07, 6.45) is 6.69. The summed E-state index contributed by atoms with van der Waals surface area (Å²) in [5.41, 5.74) is 2.76. The Hall–Kier alpha value is -2.90. The van der Waals surface area contributed by atoms with Crippen molar-refractivity contribution in [1.82, 2.24) is 9.78 Å². The van der Waals surface area contributed by atoms with Crippen LogP contribution in [0.1, 0.15) is 23.8 Å². The van der Waals surface area contributed by atoms with Gasteiger partial charge in [0.1, 0.15) is 12.4 Å². The smallest absolute Gasteiger partial charge is 0.358 e. The van der Waals surface area contributed by atoms with Gasteiger partial charge in [-0.15, -0.1) is 0 Å². The normalized spacial score (nSPS) is 16.0. The molecule has 0 bridgehead atoms. The van der Waals surface area contributed by atoms with Gasteiger partial charge in [0.05, 0.1) is 30.7 Å². The molecule has 0 saturated carbocycles. The Kier molecular flexibility index (Phi) is 6.62. The van der Waals surface area contributed by atoms with E-state index in [0.29, 0.717) is 5.75 Å². The molecule has 2 aromatic rings. The maximum Gasteiger partial charge on any atom is 0.358 e. The van der Waals surface area contributed by atoms with E-state index in [1.165, 1.54) is 0 Å². The molecule has 1 aromatic heterocycles. The molecule has 1 aromatic carbocycles. The van der Waals surface area contributed by atoms with Gasteiger partial charge in [0, 0.05) is 12.7 Å². The maximum absolute atomic E-state index is 12.2. The molecular weight excluding hydrogens is 360 g/mol. The zero-order chi connectivity index (χ0) is 19.9. The molecular formula is C21H24N2O5. The number of carbonyl (C=O) groups is 1. The third kappa shape index (κ3) is 4.49. The zero-order valence-electron chi connectivity index (χ0n) is 16.0. The van der Waals surface area contributed by atoms with Gasteiger partial charge in [0.2, 0.25) is 0 Å². The van der Waals surface area contributed by atoms with Crippen LogP contribution < -0.4 is 4.74 Å². The fourth-order valence-electron chi connectivity index (χ4n) is 2.90. The first-order valence-electron chi connectivity index (χ1n) is 9.19. The van der Waals surface area contributed by atoms with Crippen LogP contribution in [0.5, 0.6) is 5.75 Å². The standard InChI is InChI=1S/C21H24N2O5/c1-3-27-21(25)19-14-20(15-4-8-18(9-5-15)28-13-12-24)23(22-19)16-6-10-17(26-2)11-7-16/h4-10,14,17,24H,3,11-13H2,1-2H3. The summed E-state index contributed by atoms with van der Waals surface area (Å²) in [6, 6.07) is 9.13. The van der Waals surface area contributed by atoms with E-state index in [1.807, 2.05) is 42.5 Å². The summed E-state index contributed by atoms with van der Waals surface area (Å²) in [7, 11) is 1.67. The predicted molar refractivity (Wildman–Crippen MR) is 105 cm³/mol. The Balaban J connectivity index is 1.95. The molecule has 148 valence electrons. The van der Waals surface area contributed by atoms with Crippen LogP contribution in [0.2, 0.25) is 0 Å². The molecule has 1 unspecified atom stereocenters. The predicted octanol–water partition coefficient (Wildman–Crippen LogP) is 2.91.